The quantitative estimate of drug-likeness (QED) is 0.846. The van der Waals surface area contributed by atoms with Gasteiger partial charge in [0.05, 0.1) is 0 Å². The topological polar surface area (TPSA) is 67.1 Å². The van der Waals surface area contributed by atoms with E-state index < -0.39 is 0 Å². The lowest BCUT2D eigenvalue weighted by Gasteiger charge is -2.30. The van der Waals surface area contributed by atoms with Gasteiger partial charge in [-0.05, 0) is 37.3 Å². The molecular formula is C14H25N5. The van der Waals surface area contributed by atoms with Gasteiger partial charge in [-0.1, -0.05) is 12.8 Å². The number of rotatable bonds is 5. The second-order valence-electron chi connectivity index (χ2n) is 5.56. The number of nitrogens with zero attached hydrogens (tertiary/aromatic N) is 3. The van der Waals surface area contributed by atoms with E-state index in [1.54, 1.807) is 6.20 Å². The van der Waals surface area contributed by atoms with E-state index in [2.05, 4.69) is 15.3 Å². The highest BCUT2D eigenvalue weighted by Gasteiger charge is 2.23. The van der Waals surface area contributed by atoms with E-state index in [1.807, 2.05) is 25.1 Å². The van der Waals surface area contributed by atoms with Crippen molar-refractivity contribution in [3.05, 3.63) is 12.3 Å². The summed E-state index contributed by atoms with van der Waals surface area (Å²) < 4.78 is 0. The van der Waals surface area contributed by atoms with Gasteiger partial charge in [-0.15, -0.1) is 0 Å². The van der Waals surface area contributed by atoms with Crippen LogP contribution < -0.4 is 16.0 Å². The molecule has 2 atom stereocenters. The molecule has 0 spiro atoms. The normalized spacial score (nSPS) is 23.1. The minimum absolute atomic E-state index is 0.663. The maximum absolute atomic E-state index is 5.87. The molecule has 0 saturated heterocycles. The molecule has 1 aromatic rings. The van der Waals surface area contributed by atoms with Gasteiger partial charge in [0.15, 0.2) is 0 Å². The minimum Gasteiger partial charge on any atom is -0.370 e. The molecule has 3 N–H and O–H groups in total. The zero-order valence-electron chi connectivity index (χ0n) is 12.0. The summed E-state index contributed by atoms with van der Waals surface area (Å²) in [4.78, 5) is 10.6. The molecule has 1 aliphatic rings. The van der Waals surface area contributed by atoms with Crippen LogP contribution in [0.1, 0.15) is 25.7 Å². The first kappa shape index (κ1) is 14.1. The van der Waals surface area contributed by atoms with E-state index >= 15 is 0 Å². The minimum atomic E-state index is 0.663. The smallest absolute Gasteiger partial charge is 0.226 e. The zero-order chi connectivity index (χ0) is 13.7. The summed E-state index contributed by atoms with van der Waals surface area (Å²) in [5, 5.41) is 3.44. The standard InChI is InChI=1S/C14H25N5/c1-19(2)14-16-8-7-13(18-14)17-10-12-6-4-3-5-11(12)9-15/h7-8,11-12H,3-6,9-10,15H2,1-2H3,(H,16,17,18). The molecule has 0 amide bonds. The molecule has 5 heteroatoms. The van der Waals surface area contributed by atoms with Crippen LogP contribution in [0.25, 0.3) is 0 Å². The predicted octanol–water partition coefficient (Wildman–Crippen LogP) is 1.72. The Balaban J connectivity index is 1.92. The van der Waals surface area contributed by atoms with Crippen molar-refractivity contribution in [3.8, 4) is 0 Å². The Morgan fingerprint density at radius 3 is 2.74 bits per heavy atom. The van der Waals surface area contributed by atoms with E-state index in [9.17, 15) is 0 Å². The maximum atomic E-state index is 5.87. The van der Waals surface area contributed by atoms with Crippen LogP contribution in [0.2, 0.25) is 0 Å². The number of hydrogen-bond acceptors (Lipinski definition) is 5. The molecule has 0 radical (unpaired) electrons. The first-order valence-electron chi connectivity index (χ1n) is 7.15. The summed E-state index contributed by atoms with van der Waals surface area (Å²) in [6, 6.07) is 1.92. The van der Waals surface area contributed by atoms with Crippen LogP contribution in [0.15, 0.2) is 12.3 Å². The summed E-state index contributed by atoms with van der Waals surface area (Å²) in [5.74, 6) is 2.98. The number of nitrogens with two attached hydrogens (primary N) is 1. The Kier molecular flexibility index (Phi) is 4.96. The third-order valence-corrected chi connectivity index (χ3v) is 3.96. The number of anilines is 2. The lowest BCUT2D eigenvalue weighted by molar-refractivity contribution is 0.255. The van der Waals surface area contributed by atoms with Gasteiger partial charge in [0.2, 0.25) is 5.95 Å². The van der Waals surface area contributed by atoms with Gasteiger partial charge in [-0.3, -0.25) is 0 Å². The summed E-state index contributed by atoms with van der Waals surface area (Å²) in [7, 11) is 3.90. The predicted molar refractivity (Wildman–Crippen MR) is 79.4 cm³/mol. The van der Waals surface area contributed by atoms with Crippen molar-refractivity contribution in [1.29, 1.82) is 0 Å². The fourth-order valence-corrected chi connectivity index (χ4v) is 2.76. The van der Waals surface area contributed by atoms with Gasteiger partial charge in [-0.2, -0.15) is 4.98 Å². The number of hydrogen-bond donors (Lipinski definition) is 2. The molecule has 1 saturated carbocycles. The van der Waals surface area contributed by atoms with Crippen molar-refractivity contribution in [2.45, 2.75) is 25.7 Å². The molecule has 1 aromatic heterocycles. The third-order valence-electron chi connectivity index (χ3n) is 3.96. The molecule has 1 aliphatic carbocycles. The van der Waals surface area contributed by atoms with E-state index in [4.69, 9.17) is 5.73 Å². The van der Waals surface area contributed by atoms with Crippen LogP contribution in [0.3, 0.4) is 0 Å². The number of nitrogens with one attached hydrogen (secondary N) is 1. The molecule has 0 aromatic carbocycles. The molecule has 1 heterocycles. The van der Waals surface area contributed by atoms with Crippen LogP contribution in [-0.4, -0.2) is 37.2 Å². The molecule has 19 heavy (non-hydrogen) atoms. The average Bonchev–Trinajstić information content (AvgIpc) is 2.45. The van der Waals surface area contributed by atoms with Crippen molar-refractivity contribution in [1.82, 2.24) is 9.97 Å². The van der Waals surface area contributed by atoms with Gasteiger partial charge in [0, 0.05) is 26.8 Å². The second-order valence-corrected chi connectivity index (χ2v) is 5.56. The highest BCUT2D eigenvalue weighted by atomic mass is 15.2. The Hall–Kier alpha value is -1.36. The Labute approximate surface area is 115 Å². The first-order valence-corrected chi connectivity index (χ1v) is 7.15. The Morgan fingerprint density at radius 1 is 1.32 bits per heavy atom. The number of aromatic nitrogens is 2. The van der Waals surface area contributed by atoms with Crippen LogP contribution in [0.5, 0.6) is 0 Å². The third kappa shape index (κ3) is 3.80. The van der Waals surface area contributed by atoms with Crippen LogP contribution in [0.4, 0.5) is 11.8 Å². The summed E-state index contributed by atoms with van der Waals surface area (Å²) in [5.41, 5.74) is 5.87. The van der Waals surface area contributed by atoms with Gasteiger partial charge in [-0.25, -0.2) is 4.98 Å². The maximum Gasteiger partial charge on any atom is 0.226 e. The van der Waals surface area contributed by atoms with Crippen molar-refractivity contribution in [2.24, 2.45) is 17.6 Å². The van der Waals surface area contributed by atoms with Crippen molar-refractivity contribution >= 4 is 11.8 Å². The highest BCUT2D eigenvalue weighted by molar-refractivity contribution is 5.40. The van der Waals surface area contributed by atoms with E-state index in [-0.39, 0.29) is 0 Å². The van der Waals surface area contributed by atoms with E-state index in [1.165, 1.54) is 25.7 Å². The summed E-state index contributed by atoms with van der Waals surface area (Å²) in [6.07, 6.45) is 7.01. The zero-order valence-corrected chi connectivity index (χ0v) is 12.0. The fraction of sp³-hybridized carbons (Fsp3) is 0.714. The molecule has 1 fully saturated rings. The van der Waals surface area contributed by atoms with E-state index in [0.717, 1.165) is 24.9 Å². The highest BCUT2D eigenvalue weighted by Crippen LogP contribution is 2.29. The van der Waals surface area contributed by atoms with Crippen molar-refractivity contribution < 1.29 is 0 Å². The fourth-order valence-electron chi connectivity index (χ4n) is 2.76. The Bertz CT molecular complexity index is 393. The monoisotopic (exact) mass is 263 g/mol. The SMILES string of the molecule is CN(C)c1nccc(NCC2CCCCC2CN)n1. The second kappa shape index (κ2) is 6.70. The average molecular weight is 263 g/mol. The largest absolute Gasteiger partial charge is 0.370 e. The van der Waals surface area contributed by atoms with Gasteiger partial charge >= 0.3 is 0 Å². The summed E-state index contributed by atoms with van der Waals surface area (Å²) in [6.45, 7) is 1.77. The molecule has 2 rings (SSSR count). The molecule has 5 nitrogen and oxygen atoms in total. The van der Waals surface area contributed by atoms with Crippen LogP contribution in [-0.2, 0) is 0 Å². The molecular weight excluding hydrogens is 238 g/mol. The van der Waals surface area contributed by atoms with Crippen LogP contribution >= 0.6 is 0 Å². The summed E-state index contributed by atoms with van der Waals surface area (Å²) >= 11 is 0. The van der Waals surface area contributed by atoms with Gasteiger partial charge < -0.3 is 16.0 Å². The Morgan fingerprint density at radius 2 is 2.05 bits per heavy atom. The van der Waals surface area contributed by atoms with Crippen molar-refractivity contribution in [3.63, 3.8) is 0 Å². The molecule has 2 unspecified atom stereocenters. The van der Waals surface area contributed by atoms with Gasteiger partial charge in [0.1, 0.15) is 5.82 Å². The van der Waals surface area contributed by atoms with Gasteiger partial charge in [0.25, 0.3) is 0 Å². The lowest BCUT2D eigenvalue weighted by atomic mass is 9.79. The molecule has 0 aliphatic heterocycles. The van der Waals surface area contributed by atoms with Crippen LogP contribution in [0, 0.1) is 11.8 Å². The van der Waals surface area contributed by atoms with Crippen molar-refractivity contribution in [2.75, 3.05) is 37.4 Å². The lowest BCUT2D eigenvalue weighted by Crippen LogP contribution is -2.31. The molecule has 0 bridgehead atoms. The van der Waals surface area contributed by atoms with E-state index in [0.29, 0.717) is 11.8 Å². The first-order chi connectivity index (χ1) is 9.20. The molecule has 106 valence electrons.